The van der Waals surface area contributed by atoms with Crippen LogP contribution in [0.2, 0.25) is 10.0 Å². The predicted octanol–water partition coefficient (Wildman–Crippen LogP) is 3.61. The highest BCUT2D eigenvalue weighted by Crippen LogP contribution is 2.35. The van der Waals surface area contributed by atoms with E-state index in [4.69, 9.17) is 23.2 Å². The molecular formula is C14H19Cl2NO2S. The molecular weight excluding hydrogens is 317 g/mol. The molecule has 0 aliphatic carbocycles. The molecule has 2 unspecified atom stereocenters. The quantitative estimate of drug-likeness (QED) is 0.914. The van der Waals surface area contributed by atoms with Crippen molar-refractivity contribution < 1.29 is 8.42 Å². The Morgan fingerprint density at radius 3 is 2.70 bits per heavy atom. The molecule has 1 fully saturated rings. The smallest absolute Gasteiger partial charge is 0.155 e. The van der Waals surface area contributed by atoms with Crippen molar-refractivity contribution >= 4 is 33.0 Å². The molecule has 0 radical (unpaired) electrons. The first kappa shape index (κ1) is 16.1. The van der Waals surface area contributed by atoms with Crippen molar-refractivity contribution in [3.8, 4) is 0 Å². The maximum atomic E-state index is 12.3. The lowest BCUT2D eigenvalue weighted by Gasteiger charge is -2.31. The zero-order valence-electron chi connectivity index (χ0n) is 11.4. The van der Waals surface area contributed by atoms with Crippen molar-refractivity contribution in [3.05, 3.63) is 33.8 Å². The van der Waals surface area contributed by atoms with Crippen LogP contribution in [0.15, 0.2) is 18.2 Å². The van der Waals surface area contributed by atoms with Crippen molar-refractivity contribution in [1.29, 1.82) is 0 Å². The minimum absolute atomic E-state index is 0.268. The summed E-state index contributed by atoms with van der Waals surface area (Å²) in [5.41, 5.74) is 0.813. The highest BCUT2D eigenvalue weighted by atomic mass is 35.5. The zero-order valence-corrected chi connectivity index (χ0v) is 13.7. The molecule has 6 heteroatoms. The molecule has 1 aromatic carbocycles. The Hall–Kier alpha value is -0.290. The molecule has 2 atom stereocenters. The molecule has 1 aliphatic rings. The van der Waals surface area contributed by atoms with Crippen LogP contribution < -0.4 is 5.32 Å². The summed E-state index contributed by atoms with van der Waals surface area (Å²) in [6.07, 6.45) is 2.38. The number of sulfone groups is 1. The van der Waals surface area contributed by atoms with Crippen molar-refractivity contribution in [3.63, 3.8) is 0 Å². The summed E-state index contributed by atoms with van der Waals surface area (Å²) in [4.78, 5) is 0. The van der Waals surface area contributed by atoms with Crippen molar-refractivity contribution in [1.82, 2.24) is 5.32 Å². The fourth-order valence-electron chi connectivity index (χ4n) is 2.77. The first-order valence-electron chi connectivity index (χ1n) is 6.85. The van der Waals surface area contributed by atoms with Gasteiger partial charge in [-0.3, -0.25) is 0 Å². The number of benzene rings is 1. The second-order valence-corrected chi connectivity index (χ2v) is 8.29. The van der Waals surface area contributed by atoms with Crippen LogP contribution >= 0.6 is 23.2 Å². The van der Waals surface area contributed by atoms with Gasteiger partial charge in [0, 0.05) is 10.0 Å². The van der Waals surface area contributed by atoms with E-state index in [9.17, 15) is 8.42 Å². The normalized spacial score (nSPS) is 23.4. The van der Waals surface area contributed by atoms with Gasteiger partial charge in [-0.05, 0) is 37.1 Å². The van der Waals surface area contributed by atoms with Crippen molar-refractivity contribution in [2.45, 2.75) is 37.5 Å². The average Bonchev–Trinajstić information content (AvgIpc) is 2.37. The first-order valence-corrected chi connectivity index (χ1v) is 9.32. The Morgan fingerprint density at radius 2 is 2.10 bits per heavy atom. The average molecular weight is 336 g/mol. The molecule has 1 aromatic rings. The molecule has 0 spiro atoms. The monoisotopic (exact) mass is 335 g/mol. The van der Waals surface area contributed by atoms with Gasteiger partial charge in [0.1, 0.15) is 0 Å². The lowest BCUT2D eigenvalue weighted by Crippen LogP contribution is -2.40. The van der Waals surface area contributed by atoms with Gasteiger partial charge in [-0.15, -0.1) is 0 Å². The van der Waals surface area contributed by atoms with Crippen LogP contribution in [-0.2, 0) is 9.84 Å². The third-order valence-corrected chi connectivity index (χ3v) is 6.57. The van der Waals surface area contributed by atoms with Gasteiger partial charge in [-0.2, -0.15) is 0 Å². The Morgan fingerprint density at radius 1 is 1.35 bits per heavy atom. The van der Waals surface area contributed by atoms with Gasteiger partial charge in [-0.1, -0.05) is 42.6 Å². The van der Waals surface area contributed by atoms with Crippen LogP contribution in [0, 0.1) is 0 Å². The van der Waals surface area contributed by atoms with E-state index >= 15 is 0 Å². The molecule has 0 saturated carbocycles. The maximum Gasteiger partial charge on any atom is 0.155 e. The van der Waals surface area contributed by atoms with Crippen LogP contribution in [0.1, 0.15) is 37.8 Å². The zero-order chi connectivity index (χ0) is 14.8. The maximum absolute atomic E-state index is 12.3. The molecule has 0 aromatic heterocycles. The summed E-state index contributed by atoms with van der Waals surface area (Å²) in [6, 6.07) is 4.97. The van der Waals surface area contributed by atoms with Crippen LogP contribution in [0.4, 0.5) is 0 Å². The minimum Gasteiger partial charge on any atom is -0.309 e. The Kier molecular flexibility index (Phi) is 5.35. The fraction of sp³-hybridized carbons (Fsp3) is 0.571. The minimum atomic E-state index is -3.07. The van der Waals surface area contributed by atoms with Gasteiger partial charge in [-0.25, -0.2) is 8.42 Å². The van der Waals surface area contributed by atoms with Crippen LogP contribution in [0.5, 0.6) is 0 Å². The number of halogens is 2. The SMILES string of the molecule is CCNC(c1ccc(Cl)cc1Cl)C1CCCCS1(=O)=O. The van der Waals surface area contributed by atoms with Crippen LogP contribution in [-0.4, -0.2) is 26.0 Å². The molecule has 1 saturated heterocycles. The topological polar surface area (TPSA) is 46.2 Å². The molecule has 1 N–H and O–H groups in total. The van der Waals surface area contributed by atoms with E-state index in [2.05, 4.69) is 5.32 Å². The molecule has 0 bridgehead atoms. The Balaban J connectivity index is 2.40. The van der Waals surface area contributed by atoms with E-state index < -0.39 is 15.1 Å². The Labute approximate surface area is 130 Å². The second-order valence-electron chi connectivity index (χ2n) is 5.10. The van der Waals surface area contributed by atoms with Crippen LogP contribution in [0.3, 0.4) is 0 Å². The van der Waals surface area contributed by atoms with Crippen molar-refractivity contribution in [2.24, 2.45) is 0 Å². The summed E-state index contributed by atoms with van der Waals surface area (Å²) in [7, 11) is -3.07. The van der Waals surface area contributed by atoms with E-state index in [1.54, 1.807) is 12.1 Å². The molecule has 3 nitrogen and oxygen atoms in total. The fourth-order valence-corrected chi connectivity index (χ4v) is 5.39. The molecule has 112 valence electrons. The van der Waals surface area contributed by atoms with Gasteiger partial charge in [0.2, 0.25) is 0 Å². The summed E-state index contributed by atoms with van der Waals surface area (Å²) in [6.45, 7) is 2.65. The van der Waals surface area contributed by atoms with Crippen LogP contribution in [0.25, 0.3) is 0 Å². The summed E-state index contributed by atoms with van der Waals surface area (Å²) in [5.74, 6) is 0.269. The molecule has 1 heterocycles. The predicted molar refractivity (Wildman–Crippen MR) is 84.3 cm³/mol. The standard InChI is InChI=1S/C14H19Cl2NO2S/c1-2-17-14(11-7-6-10(15)9-12(11)16)13-5-3-4-8-20(13,18)19/h6-7,9,13-14,17H,2-5,8H2,1H3. The van der Waals surface area contributed by atoms with E-state index in [1.165, 1.54) is 0 Å². The lowest BCUT2D eigenvalue weighted by molar-refractivity contribution is 0.454. The summed E-state index contributed by atoms with van der Waals surface area (Å²) in [5, 5.41) is 3.94. The first-order chi connectivity index (χ1) is 9.45. The number of hydrogen-bond donors (Lipinski definition) is 1. The molecule has 2 rings (SSSR count). The van der Waals surface area contributed by atoms with E-state index in [1.807, 2.05) is 13.0 Å². The van der Waals surface area contributed by atoms with Gasteiger partial charge in [0.25, 0.3) is 0 Å². The third kappa shape index (κ3) is 3.48. The summed E-state index contributed by atoms with van der Waals surface area (Å²) >= 11 is 12.2. The highest BCUT2D eigenvalue weighted by Gasteiger charge is 2.36. The van der Waals surface area contributed by atoms with Gasteiger partial charge >= 0.3 is 0 Å². The molecule has 20 heavy (non-hydrogen) atoms. The van der Waals surface area contributed by atoms with E-state index in [0.29, 0.717) is 23.0 Å². The number of hydrogen-bond acceptors (Lipinski definition) is 3. The largest absolute Gasteiger partial charge is 0.309 e. The number of nitrogens with one attached hydrogen (secondary N) is 1. The van der Waals surface area contributed by atoms with E-state index in [0.717, 1.165) is 18.4 Å². The highest BCUT2D eigenvalue weighted by molar-refractivity contribution is 7.92. The molecule has 1 aliphatic heterocycles. The number of rotatable bonds is 4. The Bertz CT molecular complexity index is 575. The van der Waals surface area contributed by atoms with Gasteiger partial charge in [0.15, 0.2) is 9.84 Å². The lowest BCUT2D eigenvalue weighted by atomic mass is 9.99. The van der Waals surface area contributed by atoms with Gasteiger partial charge in [0.05, 0.1) is 17.0 Å². The van der Waals surface area contributed by atoms with E-state index in [-0.39, 0.29) is 11.8 Å². The summed E-state index contributed by atoms with van der Waals surface area (Å²) < 4.78 is 24.7. The molecule has 0 amide bonds. The third-order valence-electron chi connectivity index (χ3n) is 3.72. The van der Waals surface area contributed by atoms with Crippen molar-refractivity contribution in [2.75, 3.05) is 12.3 Å². The second kappa shape index (κ2) is 6.65. The van der Waals surface area contributed by atoms with Gasteiger partial charge < -0.3 is 5.32 Å².